The molecule has 0 radical (unpaired) electrons. The first-order valence-electron chi connectivity index (χ1n) is 11.5. The van der Waals surface area contributed by atoms with Crippen LogP contribution >= 0.6 is 11.3 Å². The van der Waals surface area contributed by atoms with Gasteiger partial charge in [0.2, 0.25) is 0 Å². The zero-order chi connectivity index (χ0) is 20.0. The molecular formula is C23H35N5S. The lowest BCUT2D eigenvalue weighted by Crippen LogP contribution is -2.64. The summed E-state index contributed by atoms with van der Waals surface area (Å²) in [7, 11) is 0. The molecule has 0 unspecified atom stereocenters. The van der Waals surface area contributed by atoms with Crippen LogP contribution in [0.15, 0.2) is 12.4 Å². The lowest BCUT2D eigenvalue weighted by molar-refractivity contribution is -0.0554. The molecule has 0 amide bonds. The first kappa shape index (κ1) is 19.7. The number of likely N-dealkylation sites (tertiary alicyclic amines) is 1. The smallest absolute Gasteiger partial charge is 0.140 e. The first-order chi connectivity index (χ1) is 14.1. The Balaban J connectivity index is 1.29. The normalized spacial score (nSPS) is 23.9. The van der Waals surface area contributed by atoms with Crippen molar-refractivity contribution in [3.05, 3.63) is 17.3 Å². The summed E-state index contributed by atoms with van der Waals surface area (Å²) in [6, 6.07) is 3.07. The van der Waals surface area contributed by atoms with Gasteiger partial charge in [0, 0.05) is 42.5 Å². The Morgan fingerprint density at radius 2 is 2.00 bits per heavy atom. The van der Waals surface area contributed by atoms with Crippen LogP contribution in [0.3, 0.4) is 0 Å². The fourth-order valence-electron chi connectivity index (χ4n) is 6.17. The summed E-state index contributed by atoms with van der Waals surface area (Å²) < 4.78 is 0. The molecule has 0 aromatic carbocycles. The zero-order valence-corrected chi connectivity index (χ0v) is 19.0. The molecule has 3 saturated heterocycles. The minimum Gasteiger partial charge on any atom is -0.355 e. The number of anilines is 1. The molecule has 158 valence electrons. The van der Waals surface area contributed by atoms with Gasteiger partial charge >= 0.3 is 0 Å². The van der Waals surface area contributed by atoms with E-state index in [9.17, 15) is 0 Å². The van der Waals surface area contributed by atoms with Gasteiger partial charge in [0.15, 0.2) is 0 Å². The van der Waals surface area contributed by atoms with Gasteiger partial charge in [-0.1, -0.05) is 20.8 Å². The highest BCUT2D eigenvalue weighted by atomic mass is 32.1. The van der Waals surface area contributed by atoms with Crippen molar-refractivity contribution in [3.63, 3.8) is 0 Å². The minimum absolute atomic E-state index is 0.473. The number of hydrogen-bond acceptors (Lipinski definition) is 6. The third kappa shape index (κ3) is 3.57. The predicted molar refractivity (Wildman–Crippen MR) is 122 cm³/mol. The second-order valence-electron chi connectivity index (χ2n) is 9.88. The van der Waals surface area contributed by atoms with Crippen LogP contribution in [0.5, 0.6) is 0 Å². The second kappa shape index (κ2) is 7.78. The van der Waals surface area contributed by atoms with E-state index in [4.69, 9.17) is 4.98 Å². The van der Waals surface area contributed by atoms with Gasteiger partial charge in [-0.2, -0.15) is 0 Å². The standard InChI is InChI=1S/C23H35N5S/c1-4-18-11-19-21(25-15-26-22(19)29-18)27-10-7-23(12-27)13-28(14-23)20(16(2)3)17-5-8-24-9-6-17/h11,15-17,20,24H,4-10,12-14H2,1-3H3/t20-/m0/s1. The average molecular weight is 414 g/mol. The van der Waals surface area contributed by atoms with Crippen molar-refractivity contribution in [2.24, 2.45) is 17.3 Å². The van der Waals surface area contributed by atoms with Crippen molar-refractivity contribution in [2.45, 2.75) is 52.5 Å². The Morgan fingerprint density at radius 1 is 1.21 bits per heavy atom. The van der Waals surface area contributed by atoms with Crippen molar-refractivity contribution in [1.29, 1.82) is 0 Å². The maximum atomic E-state index is 4.72. The summed E-state index contributed by atoms with van der Waals surface area (Å²) in [5.41, 5.74) is 0.473. The molecule has 0 aliphatic carbocycles. The number of rotatable bonds is 5. The van der Waals surface area contributed by atoms with E-state index in [-0.39, 0.29) is 0 Å². The summed E-state index contributed by atoms with van der Waals surface area (Å²) in [6.07, 6.45) is 6.83. The minimum atomic E-state index is 0.473. The molecule has 3 aliphatic rings. The monoisotopic (exact) mass is 413 g/mol. The highest BCUT2D eigenvalue weighted by Gasteiger charge is 2.51. The molecule has 1 N–H and O–H groups in total. The van der Waals surface area contributed by atoms with Crippen LogP contribution in [0, 0.1) is 17.3 Å². The molecule has 3 aliphatic heterocycles. The van der Waals surface area contributed by atoms with Crippen molar-refractivity contribution in [3.8, 4) is 0 Å². The Labute approximate surface area is 178 Å². The van der Waals surface area contributed by atoms with E-state index in [1.165, 1.54) is 61.5 Å². The van der Waals surface area contributed by atoms with Gasteiger partial charge in [0.05, 0.1) is 5.39 Å². The molecule has 5 nitrogen and oxygen atoms in total. The predicted octanol–water partition coefficient (Wildman–Crippen LogP) is 3.79. The lowest BCUT2D eigenvalue weighted by atomic mass is 9.73. The molecular weight excluding hydrogens is 378 g/mol. The highest BCUT2D eigenvalue weighted by molar-refractivity contribution is 7.18. The number of nitrogens with one attached hydrogen (secondary N) is 1. The molecule has 29 heavy (non-hydrogen) atoms. The molecule has 5 rings (SSSR count). The van der Waals surface area contributed by atoms with E-state index in [0.717, 1.165) is 42.2 Å². The van der Waals surface area contributed by atoms with Gasteiger partial charge in [-0.05, 0) is 56.7 Å². The van der Waals surface area contributed by atoms with E-state index < -0.39 is 0 Å². The van der Waals surface area contributed by atoms with E-state index in [0.29, 0.717) is 5.41 Å². The van der Waals surface area contributed by atoms with Crippen LogP contribution < -0.4 is 10.2 Å². The number of nitrogens with zero attached hydrogens (tertiary/aromatic N) is 4. The number of aryl methyl sites for hydroxylation is 1. The largest absolute Gasteiger partial charge is 0.355 e. The number of fused-ring (bicyclic) bond motifs is 1. The number of thiophene rings is 1. The molecule has 1 atom stereocenters. The Hall–Kier alpha value is -1.24. The van der Waals surface area contributed by atoms with Crippen LogP contribution in [0.25, 0.3) is 10.2 Å². The Morgan fingerprint density at radius 3 is 2.72 bits per heavy atom. The van der Waals surface area contributed by atoms with Crippen LogP contribution in [0.2, 0.25) is 0 Å². The first-order valence-corrected chi connectivity index (χ1v) is 12.3. The molecule has 6 heteroatoms. The van der Waals surface area contributed by atoms with E-state index in [1.54, 1.807) is 6.33 Å². The zero-order valence-electron chi connectivity index (χ0n) is 18.2. The molecule has 0 saturated carbocycles. The molecule has 2 aromatic rings. The summed E-state index contributed by atoms with van der Waals surface area (Å²) in [5, 5.41) is 4.80. The van der Waals surface area contributed by atoms with Crippen molar-refractivity contribution in [2.75, 3.05) is 44.2 Å². The van der Waals surface area contributed by atoms with E-state index >= 15 is 0 Å². The molecule has 1 spiro atoms. The van der Waals surface area contributed by atoms with Crippen LogP contribution in [-0.2, 0) is 6.42 Å². The molecule has 2 aromatic heterocycles. The quantitative estimate of drug-likeness (QED) is 0.808. The Bertz CT molecular complexity index is 850. The van der Waals surface area contributed by atoms with Crippen molar-refractivity contribution in [1.82, 2.24) is 20.2 Å². The molecule has 3 fully saturated rings. The van der Waals surface area contributed by atoms with Gasteiger partial charge in [0.1, 0.15) is 17.0 Å². The topological polar surface area (TPSA) is 44.3 Å². The van der Waals surface area contributed by atoms with Gasteiger partial charge < -0.3 is 10.2 Å². The highest BCUT2D eigenvalue weighted by Crippen LogP contribution is 2.45. The van der Waals surface area contributed by atoms with Crippen molar-refractivity contribution < 1.29 is 0 Å². The maximum Gasteiger partial charge on any atom is 0.140 e. The van der Waals surface area contributed by atoms with Gasteiger partial charge in [0.25, 0.3) is 0 Å². The third-order valence-corrected chi connectivity index (χ3v) is 8.68. The fraction of sp³-hybridized carbons (Fsp3) is 0.739. The third-order valence-electron chi connectivity index (χ3n) is 7.49. The summed E-state index contributed by atoms with van der Waals surface area (Å²) >= 11 is 1.82. The summed E-state index contributed by atoms with van der Waals surface area (Å²) in [4.78, 5) is 17.2. The lowest BCUT2D eigenvalue weighted by Gasteiger charge is -2.55. The fourth-order valence-corrected chi connectivity index (χ4v) is 7.10. The van der Waals surface area contributed by atoms with Crippen LogP contribution in [-0.4, -0.2) is 60.2 Å². The number of piperidine rings is 1. The maximum absolute atomic E-state index is 4.72. The molecule has 5 heterocycles. The Kier molecular flexibility index (Phi) is 5.29. The summed E-state index contributed by atoms with van der Waals surface area (Å²) in [5.74, 6) is 2.78. The second-order valence-corrected chi connectivity index (χ2v) is 11.0. The van der Waals surface area contributed by atoms with Crippen LogP contribution in [0.4, 0.5) is 5.82 Å². The van der Waals surface area contributed by atoms with Gasteiger partial charge in [-0.3, -0.25) is 4.90 Å². The number of hydrogen-bond donors (Lipinski definition) is 1. The van der Waals surface area contributed by atoms with E-state index in [1.807, 2.05) is 11.3 Å². The van der Waals surface area contributed by atoms with Gasteiger partial charge in [-0.25, -0.2) is 9.97 Å². The van der Waals surface area contributed by atoms with Crippen LogP contribution in [0.1, 0.15) is 44.9 Å². The van der Waals surface area contributed by atoms with Gasteiger partial charge in [-0.15, -0.1) is 11.3 Å². The van der Waals surface area contributed by atoms with E-state index in [2.05, 4.69) is 46.9 Å². The molecule has 0 bridgehead atoms. The summed E-state index contributed by atoms with van der Waals surface area (Å²) in [6.45, 7) is 14.3. The van der Waals surface area contributed by atoms with Crippen molar-refractivity contribution >= 4 is 27.4 Å². The average Bonchev–Trinajstić information content (AvgIpc) is 3.32. The number of aromatic nitrogens is 2. The SMILES string of the molecule is CCc1cc2c(N3CCC4(C3)CN([C@@H](C(C)C)C3CCNCC3)C4)ncnc2s1.